The van der Waals surface area contributed by atoms with Crippen molar-refractivity contribution in [1.29, 1.82) is 0 Å². The standard InChI is InChI=1S/C17H32N2O/c1-14(2)12-17(6-4-5-7-17)15(20)19-13-16(3)8-10-18-11-9-16/h14,18H,4-13H2,1-3H3,(H,19,20). The smallest absolute Gasteiger partial charge is 0.226 e. The number of piperidine rings is 1. The van der Waals surface area contributed by atoms with Crippen LogP contribution in [-0.2, 0) is 4.79 Å². The van der Waals surface area contributed by atoms with Crippen LogP contribution in [0.15, 0.2) is 0 Å². The molecule has 0 atom stereocenters. The number of hydrogen-bond donors (Lipinski definition) is 2. The SMILES string of the molecule is CC(C)CC1(C(=O)NCC2(C)CCNCC2)CCCC1. The van der Waals surface area contributed by atoms with Gasteiger partial charge < -0.3 is 10.6 Å². The molecule has 1 saturated heterocycles. The largest absolute Gasteiger partial charge is 0.355 e. The highest BCUT2D eigenvalue weighted by atomic mass is 16.2. The highest BCUT2D eigenvalue weighted by Crippen LogP contribution is 2.43. The molecule has 1 aliphatic heterocycles. The summed E-state index contributed by atoms with van der Waals surface area (Å²) in [4.78, 5) is 12.8. The first kappa shape index (κ1) is 15.8. The number of hydrogen-bond acceptors (Lipinski definition) is 2. The van der Waals surface area contributed by atoms with Crippen molar-refractivity contribution in [2.75, 3.05) is 19.6 Å². The Balaban J connectivity index is 1.91. The molecule has 3 nitrogen and oxygen atoms in total. The fraction of sp³-hybridized carbons (Fsp3) is 0.941. The molecule has 1 aliphatic carbocycles. The summed E-state index contributed by atoms with van der Waals surface area (Å²) in [5.74, 6) is 0.941. The minimum absolute atomic E-state index is 0.0581. The first-order valence-corrected chi connectivity index (χ1v) is 8.45. The van der Waals surface area contributed by atoms with E-state index in [1.807, 2.05) is 0 Å². The molecule has 0 bridgehead atoms. The maximum absolute atomic E-state index is 12.8. The van der Waals surface area contributed by atoms with Gasteiger partial charge >= 0.3 is 0 Å². The fourth-order valence-corrected chi connectivity index (χ4v) is 4.05. The third kappa shape index (κ3) is 3.75. The quantitative estimate of drug-likeness (QED) is 0.812. The Bertz CT molecular complexity index is 326. The van der Waals surface area contributed by atoms with E-state index in [-0.39, 0.29) is 5.41 Å². The average molecular weight is 280 g/mol. The topological polar surface area (TPSA) is 41.1 Å². The van der Waals surface area contributed by atoms with E-state index < -0.39 is 0 Å². The van der Waals surface area contributed by atoms with Gasteiger partial charge in [0.1, 0.15) is 0 Å². The number of nitrogens with one attached hydrogen (secondary N) is 2. The van der Waals surface area contributed by atoms with Crippen molar-refractivity contribution in [3.05, 3.63) is 0 Å². The second kappa shape index (κ2) is 6.46. The normalized spacial score (nSPS) is 24.8. The maximum atomic E-state index is 12.8. The van der Waals surface area contributed by atoms with Gasteiger partial charge in [-0.2, -0.15) is 0 Å². The molecule has 1 heterocycles. The third-order valence-electron chi connectivity index (χ3n) is 5.33. The molecule has 0 spiro atoms. The number of rotatable bonds is 5. The van der Waals surface area contributed by atoms with Gasteiger partial charge in [0.25, 0.3) is 0 Å². The molecule has 20 heavy (non-hydrogen) atoms. The molecule has 116 valence electrons. The zero-order valence-electron chi connectivity index (χ0n) is 13.6. The Hall–Kier alpha value is -0.570. The summed E-state index contributed by atoms with van der Waals surface area (Å²) in [6.45, 7) is 9.82. The van der Waals surface area contributed by atoms with Crippen molar-refractivity contribution < 1.29 is 4.79 Å². The van der Waals surface area contributed by atoms with Gasteiger partial charge in [0.2, 0.25) is 5.91 Å². The van der Waals surface area contributed by atoms with Crippen LogP contribution in [0.25, 0.3) is 0 Å². The monoisotopic (exact) mass is 280 g/mol. The van der Waals surface area contributed by atoms with Gasteiger partial charge in [0, 0.05) is 12.0 Å². The number of amides is 1. The zero-order valence-corrected chi connectivity index (χ0v) is 13.6. The van der Waals surface area contributed by atoms with E-state index in [0.717, 1.165) is 38.9 Å². The Morgan fingerprint density at radius 3 is 2.30 bits per heavy atom. The Kier molecular flexibility index (Phi) is 5.11. The second-order valence-corrected chi connectivity index (χ2v) is 7.83. The molecule has 1 amide bonds. The summed E-state index contributed by atoms with van der Waals surface area (Å²) in [6.07, 6.45) is 8.03. The van der Waals surface area contributed by atoms with Gasteiger partial charge in [-0.05, 0) is 56.5 Å². The lowest BCUT2D eigenvalue weighted by Crippen LogP contribution is -2.47. The molecule has 0 aromatic rings. The van der Waals surface area contributed by atoms with Gasteiger partial charge in [-0.3, -0.25) is 4.79 Å². The minimum atomic E-state index is -0.0581. The van der Waals surface area contributed by atoms with Crippen LogP contribution in [-0.4, -0.2) is 25.5 Å². The Morgan fingerprint density at radius 2 is 1.75 bits per heavy atom. The molecule has 0 aromatic carbocycles. The van der Waals surface area contributed by atoms with Crippen LogP contribution in [0, 0.1) is 16.7 Å². The van der Waals surface area contributed by atoms with Crippen LogP contribution in [0.3, 0.4) is 0 Å². The molecule has 0 unspecified atom stereocenters. The molecule has 0 aromatic heterocycles. The molecular weight excluding hydrogens is 248 g/mol. The van der Waals surface area contributed by atoms with Gasteiger partial charge in [-0.1, -0.05) is 33.6 Å². The molecular formula is C17H32N2O. The summed E-state index contributed by atoms with van der Waals surface area (Å²) < 4.78 is 0. The molecule has 2 rings (SSSR count). The summed E-state index contributed by atoms with van der Waals surface area (Å²) in [5.41, 5.74) is 0.232. The van der Waals surface area contributed by atoms with E-state index >= 15 is 0 Å². The van der Waals surface area contributed by atoms with E-state index in [0.29, 0.717) is 17.2 Å². The lowest BCUT2D eigenvalue weighted by atomic mass is 9.76. The van der Waals surface area contributed by atoms with Gasteiger partial charge in [-0.15, -0.1) is 0 Å². The highest BCUT2D eigenvalue weighted by molar-refractivity contribution is 5.83. The minimum Gasteiger partial charge on any atom is -0.355 e. The van der Waals surface area contributed by atoms with Crippen LogP contribution < -0.4 is 10.6 Å². The van der Waals surface area contributed by atoms with Crippen molar-refractivity contribution in [3.63, 3.8) is 0 Å². The summed E-state index contributed by atoms with van der Waals surface area (Å²) >= 11 is 0. The predicted molar refractivity (Wildman–Crippen MR) is 83.6 cm³/mol. The lowest BCUT2D eigenvalue weighted by molar-refractivity contribution is -0.132. The average Bonchev–Trinajstić information content (AvgIpc) is 2.86. The summed E-state index contributed by atoms with van der Waals surface area (Å²) in [5, 5.41) is 6.72. The third-order valence-corrected chi connectivity index (χ3v) is 5.33. The first-order valence-electron chi connectivity index (χ1n) is 8.45. The van der Waals surface area contributed by atoms with Crippen LogP contribution in [0.2, 0.25) is 0 Å². The van der Waals surface area contributed by atoms with E-state index in [2.05, 4.69) is 31.4 Å². The highest BCUT2D eigenvalue weighted by Gasteiger charge is 2.41. The van der Waals surface area contributed by atoms with Crippen molar-refractivity contribution >= 4 is 5.91 Å². The lowest BCUT2D eigenvalue weighted by Gasteiger charge is -2.36. The van der Waals surface area contributed by atoms with Crippen molar-refractivity contribution in [2.45, 2.75) is 65.7 Å². The van der Waals surface area contributed by atoms with Crippen molar-refractivity contribution in [2.24, 2.45) is 16.7 Å². The van der Waals surface area contributed by atoms with Gasteiger partial charge in [0.05, 0.1) is 0 Å². The fourth-order valence-electron chi connectivity index (χ4n) is 4.05. The summed E-state index contributed by atoms with van der Waals surface area (Å²) in [6, 6.07) is 0. The van der Waals surface area contributed by atoms with Crippen molar-refractivity contribution in [1.82, 2.24) is 10.6 Å². The Morgan fingerprint density at radius 1 is 1.15 bits per heavy atom. The number of carbonyl (C=O) groups excluding carboxylic acids is 1. The van der Waals surface area contributed by atoms with E-state index in [9.17, 15) is 4.79 Å². The van der Waals surface area contributed by atoms with Gasteiger partial charge in [-0.25, -0.2) is 0 Å². The predicted octanol–water partition coefficient (Wildman–Crippen LogP) is 3.10. The molecule has 2 fully saturated rings. The molecule has 2 aliphatic rings. The maximum Gasteiger partial charge on any atom is 0.226 e. The van der Waals surface area contributed by atoms with E-state index in [1.165, 1.54) is 25.7 Å². The zero-order chi connectivity index (χ0) is 14.6. The van der Waals surface area contributed by atoms with Crippen LogP contribution in [0.1, 0.15) is 65.7 Å². The summed E-state index contributed by atoms with van der Waals surface area (Å²) in [7, 11) is 0. The Labute approximate surface area is 124 Å². The number of carbonyl (C=O) groups is 1. The molecule has 1 saturated carbocycles. The second-order valence-electron chi connectivity index (χ2n) is 7.83. The molecule has 2 N–H and O–H groups in total. The van der Waals surface area contributed by atoms with E-state index in [4.69, 9.17) is 0 Å². The van der Waals surface area contributed by atoms with Crippen LogP contribution in [0.4, 0.5) is 0 Å². The van der Waals surface area contributed by atoms with Crippen LogP contribution >= 0.6 is 0 Å². The molecule has 3 heteroatoms. The van der Waals surface area contributed by atoms with Gasteiger partial charge in [0.15, 0.2) is 0 Å². The van der Waals surface area contributed by atoms with Crippen LogP contribution in [0.5, 0.6) is 0 Å². The van der Waals surface area contributed by atoms with E-state index in [1.54, 1.807) is 0 Å². The van der Waals surface area contributed by atoms with Crippen molar-refractivity contribution in [3.8, 4) is 0 Å². The molecule has 0 radical (unpaired) electrons. The first-order chi connectivity index (χ1) is 9.46.